The Labute approximate surface area is 134 Å². The van der Waals surface area contributed by atoms with Gasteiger partial charge in [0.25, 0.3) is 0 Å². The van der Waals surface area contributed by atoms with Crippen molar-refractivity contribution in [3.63, 3.8) is 0 Å². The van der Waals surface area contributed by atoms with Crippen LogP contribution < -0.4 is 15.4 Å². The first-order valence-electron chi connectivity index (χ1n) is 7.15. The third kappa shape index (κ3) is 3.68. The molecule has 0 unspecified atom stereocenters. The number of amides is 2. The first-order chi connectivity index (χ1) is 10.9. The number of rotatable bonds is 5. The predicted molar refractivity (Wildman–Crippen MR) is 87.2 cm³/mol. The number of ether oxygens (including phenoxy) is 1. The van der Waals surface area contributed by atoms with Gasteiger partial charge in [-0.2, -0.15) is 5.10 Å². The lowest BCUT2D eigenvalue weighted by atomic mass is 10.0. The van der Waals surface area contributed by atoms with Crippen LogP contribution in [0.15, 0.2) is 24.3 Å². The summed E-state index contributed by atoms with van der Waals surface area (Å²) < 4.78 is 7.00. The zero-order valence-electron chi connectivity index (χ0n) is 13.6. The molecule has 1 heterocycles. The van der Waals surface area contributed by atoms with Crippen LogP contribution in [0.4, 0.5) is 5.82 Å². The van der Waals surface area contributed by atoms with Crippen molar-refractivity contribution in [2.24, 2.45) is 7.05 Å². The summed E-state index contributed by atoms with van der Waals surface area (Å²) in [6.45, 7) is 3.14. The van der Waals surface area contributed by atoms with E-state index in [1.165, 1.54) is 6.92 Å². The van der Waals surface area contributed by atoms with Gasteiger partial charge >= 0.3 is 0 Å². The molecule has 0 aliphatic carbocycles. The molecule has 0 fully saturated rings. The molecule has 0 atom stereocenters. The summed E-state index contributed by atoms with van der Waals surface area (Å²) in [7, 11) is 3.35. The Bertz CT molecular complexity index is 737. The van der Waals surface area contributed by atoms with Crippen LogP contribution in [0.5, 0.6) is 5.75 Å². The monoisotopic (exact) mass is 316 g/mol. The molecule has 2 aromatic rings. The second kappa shape index (κ2) is 6.95. The van der Waals surface area contributed by atoms with E-state index in [9.17, 15) is 9.59 Å². The summed E-state index contributed by atoms with van der Waals surface area (Å²) in [5.41, 5.74) is 2.41. The highest BCUT2D eigenvalue weighted by molar-refractivity contribution is 5.97. The third-order valence-corrected chi connectivity index (χ3v) is 3.35. The lowest BCUT2D eigenvalue weighted by molar-refractivity contribution is -0.122. The van der Waals surface area contributed by atoms with E-state index in [-0.39, 0.29) is 18.4 Å². The maximum atomic E-state index is 12.0. The largest absolute Gasteiger partial charge is 0.496 e. The van der Waals surface area contributed by atoms with Crippen molar-refractivity contribution in [1.29, 1.82) is 0 Å². The SMILES string of the molecule is COc1ccccc1-c1c(C)nn(C)c1NC(=O)CNC(C)=O. The second-order valence-electron chi connectivity index (χ2n) is 5.09. The zero-order valence-corrected chi connectivity index (χ0v) is 13.6. The highest BCUT2D eigenvalue weighted by atomic mass is 16.5. The molecule has 0 saturated carbocycles. The quantitative estimate of drug-likeness (QED) is 0.875. The van der Waals surface area contributed by atoms with Gasteiger partial charge in [-0.05, 0) is 13.0 Å². The fourth-order valence-corrected chi connectivity index (χ4v) is 2.36. The number of nitrogens with one attached hydrogen (secondary N) is 2. The van der Waals surface area contributed by atoms with Crippen LogP contribution in [-0.4, -0.2) is 35.2 Å². The standard InChI is InChI=1S/C16H20N4O3/c1-10-15(12-7-5-6-8-13(12)23-4)16(20(3)19-10)18-14(22)9-17-11(2)21/h5-8H,9H2,1-4H3,(H,17,21)(H,18,22). The molecule has 2 rings (SSSR count). The highest BCUT2D eigenvalue weighted by Gasteiger charge is 2.19. The first-order valence-corrected chi connectivity index (χ1v) is 7.15. The molecule has 0 aliphatic heterocycles. The van der Waals surface area contributed by atoms with Crippen molar-refractivity contribution in [2.75, 3.05) is 19.0 Å². The zero-order chi connectivity index (χ0) is 17.0. The molecule has 0 bridgehead atoms. The lowest BCUT2D eigenvalue weighted by Crippen LogP contribution is -2.31. The van der Waals surface area contributed by atoms with Gasteiger partial charge in [0, 0.05) is 19.5 Å². The molecule has 122 valence electrons. The summed E-state index contributed by atoms with van der Waals surface area (Å²) in [6, 6.07) is 7.53. The van der Waals surface area contributed by atoms with E-state index in [1.807, 2.05) is 31.2 Å². The van der Waals surface area contributed by atoms with Crippen LogP contribution in [0.2, 0.25) is 0 Å². The van der Waals surface area contributed by atoms with Crippen LogP contribution in [0.1, 0.15) is 12.6 Å². The van der Waals surface area contributed by atoms with E-state index in [0.29, 0.717) is 11.6 Å². The van der Waals surface area contributed by atoms with Gasteiger partial charge in [0.1, 0.15) is 11.6 Å². The Balaban J connectivity index is 2.38. The molecule has 23 heavy (non-hydrogen) atoms. The maximum Gasteiger partial charge on any atom is 0.244 e. The molecule has 7 nitrogen and oxygen atoms in total. The summed E-state index contributed by atoms with van der Waals surface area (Å²) in [5.74, 6) is 0.675. The third-order valence-electron chi connectivity index (χ3n) is 3.35. The molecule has 7 heteroatoms. The number of anilines is 1. The second-order valence-corrected chi connectivity index (χ2v) is 5.09. The Hall–Kier alpha value is -2.83. The Morgan fingerprint density at radius 3 is 2.65 bits per heavy atom. The van der Waals surface area contributed by atoms with E-state index in [1.54, 1.807) is 18.8 Å². The number of aromatic nitrogens is 2. The van der Waals surface area contributed by atoms with Gasteiger partial charge in [0.05, 0.1) is 24.9 Å². The van der Waals surface area contributed by atoms with Gasteiger partial charge in [-0.15, -0.1) is 0 Å². The topological polar surface area (TPSA) is 85.2 Å². The molecule has 0 saturated heterocycles. The fraction of sp³-hybridized carbons (Fsp3) is 0.312. The lowest BCUT2D eigenvalue weighted by Gasteiger charge is -2.12. The Morgan fingerprint density at radius 2 is 2.00 bits per heavy atom. The summed E-state index contributed by atoms with van der Waals surface area (Å²) in [5, 5.41) is 9.63. The van der Waals surface area contributed by atoms with E-state index in [4.69, 9.17) is 4.74 Å². The molecule has 2 amide bonds. The molecule has 2 N–H and O–H groups in total. The fourth-order valence-electron chi connectivity index (χ4n) is 2.36. The van der Waals surface area contributed by atoms with Gasteiger partial charge < -0.3 is 15.4 Å². The van der Waals surface area contributed by atoms with Crippen molar-refractivity contribution >= 4 is 17.6 Å². The highest BCUT2D eigenvalue weighted by Crippen LogP contribution is 2.36. The predicted octanol–water partition coefficient (Wildman–Crippen LogP) is 1.48. The van der Waals surface area contributed by atoms with Gasteiger partial charge in [-0.1, -0.05) is 18.2 Å². The molecule has 1 aromatic carbocycles. The number of hydrogen-bond acceptors (Lipinski definition) is 4. The molecule has 0 aliphatic rings. The Kier molecular flexibility index (Phi) is 5.00. The van der Waals surface area contributed by atoms with E-state index in [2.05, 4.69) is 15.7 Å². The number of carbonyl (C=O) groups is 2. The number of methoxy groups -OCH3 is 1. The van der Waals surface area contributed by atoms with Crippen LogP contribution in [0.3, 0.4) is 0 Å². The minimum atomic E-state index is -0.320. The molecule has 0 spiro atoms. The Morgan fingerprint density at radius 1 is 1.30 bits per heavy atom. The number of para-hydroxylation sites is 1. The van der Waals surface area contributed by atoms with Crippen molar-refractivity contribution in [3.8, 4) is 16.9 Å². The van der Waals surface area contributed by atoms with E-state index >= 15 is 0 Å². The summed E-state index contributed by atoms with van der Waals surface area (Å²) in [4.78, 5) is 22.9. The smallest absolute Gasteiger partial charge is 0.244 e. The minimum absolute atomic E-state index is 0.0923. The normalized spacial score (nSPS) is 10.3. The molecular formula is C16H20N4O3. The van der Waals surface area contributed by atoms with Crippen LogP contribution in [0, 0.1) is 6.92 Å². The number of nitrogens with zero attached hydrogens (tertiary/aromatic N) is 2. The van der Waals surface area contributed by atoms with Gasteiger partial charge in [-0.25, -0.2) is 0 Å². The van der Waals surface area contributed by atoms with Crippen LogP contribution in [0.25, 0.3) is 11.1 Å². The van der Waals surface area contributed by atoms with Crippen LogP contribution in [-0.2, 0) is 16.6 Å². The minimum Gasteiger partial charge on any atom is -0.496 e. The number of hydrogen-bond donors (Lipinski definition) is 2. The average molecular weight is 316 g/mol. The van der Waals surface area contributed by atoms with Gasteiger partial charge in [0.2, 0.25) is 11.8 Å². The van der Waals surface area contributed by atoms with Crippen LogP contribution >= 0.6 is 0 Å². The first kappa shape index (κ1) is 16.5. The molecular weight excluding hydrogens is 296 g/mol. The van der Waals surface area contributed by atoms with Gasteiger partial charge in [-0.3, -0.25) is 14.3 Å². The van der Waals surface area contributed by atoms with E-state index in [0.717, 1.165) is 16.8 Å². The summed E-state index contributed by atoms with van der Waals surface area (Å²) in [6.07, 6.45) is 0. The van der Waals surface area contributed by atoms with E-state index < -0.39 is 0 Å². The summed E-state index contributed by atoms with van der Waals surface area (Å²) >= 11 is 0. The molecule has 1 aromatic heterocycles. The van der Waals surface area contributed by atoms with Crippen molar-refractivity contribution < 1.29 is 14.3 Å². The van der Waals surface area contributed by atoms with Crippen molar-refractivity contribution in [3.05, 3.63) is 30.0 Å². The number of benzene rings is 1. The number of carbonyl (C=O) groups excluding carboxylic acids is 2. The molecule has 0 radical (unpaired) electrons. The average Bonchev–Trinajstić information content (AvgIpc) is 2.79. The van der Waals surface area contributed by atoms with Gasteiger partial charge in [0.15, 0.2) is 0 Å². The van der Waals surface area contributed by atoms with Crippen molar-refractivity contribution in [1.82, 2.24) is 15.1 Å². The van der Waals surface area contributed by atoms with Crippen molar-refractivity contribution in [2.45, 2.75) is 13.8 Å². The maximum absolute atomic E-state index is 12.0. The number of aryl methyl sites for hydroxylation is 2.